The van der Waals surface area contributed by atoms with Crippen LogP contribution in [0.1, 0.15) is 38.7 Å². The van der Waals surface area contributed by atoms with E-state index < -0.39 is 12.4 Å². The van der Waals surface area contributed by atoms with Crippen LogP contribution in [0.4, 0.5) is 12.9 Å². The molecule has 1 nitrogen and oxygen atoms in total. The van der Waals surface area contributed by atoms with E-state index in [1.165, 1.54) is 12.1 Å². The molecule has 112 valence electrons. The van der Waals surface area contributed by atoms with E-state index in [9.17, 15) is 12.9 Å². The van der Waals surface area contributed by atoms with Gasteiger partial charge >= 0.3 is 6.98 Å². The molecule has 5 heteroatoms. The van der Waals surface area contributed by atoms with Crippen molar-refractivity contribution >= 4 is 12.4 Å². The zero-order valence-corrected chi connectivity index (χ0v) is 12.2. The van der Waals surface area contributed by atoms with Crippen molar-refractivity contribution < 1.29 is 17.7 Å². The van der Waals surface area contributed by atoms with Crippen LogP contribution in [0.15, 0.2) is 18.2 Å². The van der Waals surface area contributed by atoms with Crippen LogP contribution >= 0.6 is 0 Å². The van der Waals surface area contributed by atoms with E-state index in [2.05, 4.69) is 13.8 Å². The van der Waals surface area contributed by atoms with Gasteiger partial charge in [0.15, 0.2) is 0 Å². The van der Waals surface area contributed by atoms with Crippen LogP contribution in [0.25, 0.3) is 0 Å². The summed E-state index contributed by atoms with van der Waals surface area (Å²) < 4.78 is 43.9. The predicted molar refractivity (Wildman–Crippen MR) is 76.5 cm³/mol. The Morgan fingerprint density at radius 2 is 1.80 bits per heavy atom. The highest BCUT2D eigenvalue weighted by Gasteiger charge is 2.28. The van der Waals surface area contributed by atoms with Gasteiger partial charge in [-0.1, -0.05) is 26.0 Å². The maximum Gasteiger partial charge on any atom is 0.509 e. The van der Waals surface area contributed by atoms with Gasteiger partial charge < -0.3 is 17.7 Å². The summed E-state index contributed by atoms with van der Waals surface area (Å²) in [7, 11) is 0. The Bertz CT molecular complexity index is 473. The molecule has 1 fully saturated rings. The number of hydrogen-bond acceptors (Lipinski definition) is 1. The van der Waals surface area contributed by atoms with Gasteiger partial charge in [0.1, 0.15) is 5.75 Å². The van der Waals surface area contributed by atoms with Gasteiger partial charge in [-0.15, -0.1) is 5.46 Å². The summed E-state index contributed by atoms with van der Waals surface area (Å²) in [4.78, 5) is 0. The fraction of sp³-hybridized carbons (Fsp3) is 0.600. The van der Waals surface area contributed by atoms with Crippen LogP contribution < -0.4 is 10.2 Å². The van der Waals surface area contributed by atoms with E-state index in [1.807, 2.05) is 0 Å². The standard InChI is InChI=1S/C15H21BF3O/c1-10-4-6-14(9-11(10)2)20-15-7-5-13(8-12(15)3)16(17,18)19/h5,7-8,10-11,14H,4,6,9H2,1-3H3/q-1. The third-order valence-electron chi connectivity index (χ3n) is 4.42. The van der Waals surface area contributed by atoms with E-state index in [1.54, 1.807) is 6.92 Å². The van der Waals surface area contributed by atoms with Gasteiger partial charge in [0, 0.05) is 0 Å². The third kappa shape index (κ3) is 3.50. The van der Waals surface area contributed by atoms with Gasteiger partial charge in [-0.25, -0.2) is 0 Å². The molecule has 0 heterocycles. The molecule has 1 saturated carbocycles. The average molecular weight is 285 g/mol. The SMILES string of the molecule is Cc1cc([B-](F)(F)F)ccc1OC1CCC(C)C(C)C1. The second-order valence-corrected chi connectivity index (χ2v) is 6.11. The minimum atomic E-state index is -4.93. The highest BCUT2D eigenvalue weighted by molar-refractivity contribution is 6.73. The van der Waals surface area contributed by atoms with Crippen molar-refractivity contribution in [1.82, 2.24) is 0 Å². The third-order valence-corrected chi connectivity index (χ3v) is 4.42. The monoisotopic (exact) mass is 285 g/mol. The first-order chi connectivity index (χ1) is 9.27. The van der Waals surface area contributed by atoms with Crippen molar-refractivity contribution in [2.24, 2.45) is 11.8 Å². The molecule has 1 aliphatic carbocycles. The summed E-state index contributed by atoms with van der Waals surface area (Å²) in [5, 5.41) is 0. The van der Waals surface area contributed by atoms with Gasteiger partial charge in [0.05, 0.1) is 6.10 Å². The van der Waals surface area contributed by atoms with Crippen molar-refractivity contribution in [3.8, 4) is 5.75 Å². The first-order valence-electron chi connectivity index (χ1n) is 7.24. The van der Waals surface area contributed by atoms with E-state index in [4.69, 9.17) is 4.74 Å². The number of benzene rings is 1. The number of rotatable bonds is 3. The van der Waals surface area contributed by atoms with Crippen molar-refractivity contribution in [2.75, 3.05) is 0 Å². The highest BCUT2D eigenvalue weighted by Crippen LogP contribution is 2.32. The van der Waals surface area contributed by atoms with E-state index in [-0.39, 0.29) is 6.10 Å². The molecule has 0 saturated heterocycles. The molecule has 3 atom stereocenters. The molecule has 0 spiro atoms. The Labute approximate surface area is 118 Å². The molecule has 1 aliphatic rings. The number of aryl methyl sites for hydroxylation is 1. The molecular formula is C15H21BF3O-. The molecule has 0 radical (unpaired) electrons. The lowest BCUT2D eigenvalue weighted by atomic mass is 9.79. The smallest absolute Gasteiger partial charge is 0.490 e. The fourth-order valence-electron chi connectivity index (χ4n) is 2.79. The zero-order valence-electron chi connectivity index (χ0n) is 12.2. The lowest BCUT2D eigenvalue weighted by Gasteiger charge is -2.32. The summed E-state index contributed by atoms with van der Waals surface area (Å²) >= 11 is 0. The summed E-state index contributed by atoms with van der Waals surface area (Å²) in [5.74, 6) is 1.89. The molecule has 3 unspecified atom stereocenters. The van der Waals surface area contributed by atoms with Crippen molar-refractivity contribution in [3.05, 3.63) is 23.8 Å². The molecule has 1 aromatic rings. The fourth-order valence-corrected chi connectivity index (χ4v) is 2.79. The molecule has 0 bridgehead atoms. The van der Waals surface area contributed by atoms with Gasteiger partial charge in [-0.3, -0.25) is 0 Å². The van der Waals surface area contributed by atoms with Crippen LogP contribution in [0, 0.1) is 18.8 Å². The van der Waals surface area contributed by atoms with Gasteiger partial charge in [-0.2, -0.15) is 0 Å². The Morgan fingerprint density at radius 3 is 2.35 bits per heavy atom. The Morgan fingerprint density at radius 1 is 1.10 bits per heavy atom. The highest BCUT2D eigenvalue weighted by atomic mass is 19.4. The van der Waals surface area contributed by atoms with Gasteiger partial charge in [-0.05, 0) is 49.7 Å². The summed E-state index contributed by atoms with van der Waals surface area (Å²) in [6, 6.07) is 3.77. The first-order valence-corrected chi connectivity index (χ1v) is 7.24. The number of hydrogen-bond donors (Lipinski definition) is 0. The molecule has 0 N–H and O–H groups in total. The van der Waals surface area contributed by atoms with Crippen molar-refractivity contribution in [2.45, 2.75) is 46.1 Å². The molecular weight excluding hydrogens is 264 g/mol. The Balaban J connectivity index is 2.07. The van der Waals surface area contributed by atoms with Crippen LogP contribution in [0.2, 0.25) is 0 Å². The Kier molecular flexibility index (Phi) is 4.35. The zero-order chi connectivity index (χ0) is 14.9. The molecule has 0 amide bonds. The second-order valence-electron chi connectivity index (χ2n) is 6.11. The van der Waals surface area contributed by atoms with Crippen LogP contribution in [-0.4, -0.2) is 13.1 Å². The normalized spacial score (nSPS) is 27.4. The molecule has 1 aromatic carbocycles. The van der Waals surface area contributed by atoms with Crippen molar-refractivity contribution in [3.63, 3.8) is 0 Å². The van der Waals surface area contributed by atoms with Gasteiger partial charge in [0.2, 0.25) is 0 Å². The maximum atomic E-state index is 12.7. The molecule has 0 aliphatic heterocycles. The topological polar surface area (TPSA) is 9.23 Å². The van der Waals surface area contributed by atoms with Gasteiger partial charge in [0.25, 0.3) is 0 Å². The van der Waals surface area contributed by atoms with Crippen LogP contribution in [0.5, 0.6) is 5.75 Å². The minimum Gasteiger partial charge on any atom is -0.490 e. The minimum absolute atomic E-state index is 0.127. The average Bonchev–Trinajstić information content (AvgIpc) is 2.35. The quantitative estimate of drug-likeness (QED) is 0.754. The lowest BCUT2D eigenvalue weighted by molar-refractivity contribution is 0.1000. The largest absolute Gasteiger partial charge is 0.509 e. The van der Waals surface area contributed by atoms with E-state index in [0.29, 0.717) is 23.1 Å². The number of halogens is 3. The van der Waals surface area contributed by atoms with E-state index in [0.717, 1.165) is 25.3 Å². The summed E-state index contributed by atoms with van der Waals surface area (Å²) in [6.07, 6.45) is 3.21. The number of ether oxygens (including phenoxy) is 1. The maximum absolute atomic E-state index is 12.7. The molecule has 20 heavy (non-hydrogen) atoms. The second kappa shape index (κ2) is 5.70. The summed E-state index contributed by atoms with van der Waals surface area (Å²) in [5.41, 5.74) is 0.00783. The van der Waals surface area contributed by atoms with Crippen molar-refractivity contribution in [1.29, 1.82) is 0 Å². The van der Waals surface area contributed by atoms with Crippen LogP contribution in [0.3, 0.4) is 0 Å². The first kappa shape index (κ1) is 15.3. The van der Waals surface area contributed by atoms with Crippen LogP contribution in [-0.2, 0) is 0 Å². The predicted octanol–water partition coefficient (Wildman–Crippen LogP) is 4.25. The Hall–Kier alpha value is -1.13. The molecule has 2 rings (SSSR count). The molecule has 0 aromatic heterocycles. The lowest BCUT2D eigenvalue weighted by Crippen LogP contribution is -2.34. The van der Waals surface area contributed by atoms with E-state index >= 15 is 0 Å². The summed E-state index contributed by atoms with van der Waals surface area (Å²) in [6.45, 7) is 1.20.